The molecule has 1 amide bonds. The van der Waals surface area contributed by atoms with Gasteiger partial charge < -0.3 is 29.2 Å². The maximum Gasteiger partial charge on any atom is 0.310 e. The van der Waals surface area contributed by atoms with Crippen molar-refractivity contribution in [1.82, 2.24) is 0 Å². The highest BCUT2D eigenvalue weighted by Gasteiger charge is 2.21. The van der Waals surface area contributed by atoms with Crippen LogP contribution < -0.4 is 19.7 Å². The van der Waals surface area contributed by atoms with E-state index in [0.29, 0.717) is 49.2 Å². The lowest BCUT2D eigenvalue weighted by atomic mass is 10.1. The number of hydrogen-bond donors (Lipinski definition) is 1. The Kier molecular flexibility index (Phi) is 8.88. The number of morpholine rings is 1. The molecule has 0 unspecified atom stereocenters. The van der Waals surface area contributed by atoms with Gasteiger partial charge in [0.25, 0.3) is 5.91 Å². The third-order valence-electron chi connectivity index (χ3n) is 4.89. The van der Waals surface area contributed by atoms with E-state index in [4.69, 9.17) is 18.9 Å². The molecule has 3 rings (SSSR count). The molecule has 1 N–H and O–H groups in total. The van der Waals surface area contributed by atoms with Crippen LogP contribution in [-0.2, 0) is 25.5 Å². The lowest BCUT2D eigenvalue weighted by Gasteiger charge is -2.31. The number of nitrogens with one attached hydrogen (secondary N) is 1. The second kappa shape index (κ2) is 12.1. The Labute approximate surface area is 192 Å². The summed E-state index contributed by atoms with van der Waals surface area (Å²) < 4.78 is 35.3. The lowest BCUT2D eigenvalue weighted by Crippen LogP contribution is -2.36. The van der Waals surface area contributed by atoms with Crippen LogP contribution >= 0.6 is 0 Å². The van der Waals surface area contributed by atoms with Gasteiger partial charge in [-0.1, -0.05) is 12.1 Å². The Morgan fingerprint density at radius 2 is 1.79 bits per heavy atom. The van der Waals surface area contributed by atoms with Crippen molar-refractivity contribution in [3.8, 4) is 11.5 Å². The van der Waals surface area contributed by atoms with E-state index in [2.05, 4.69) is 10.2 Å². The normalized spacial score (nSPS) is 13.4. The summed E-state index contributed by atoms with van der Waals surface area (Å²) in [5, 5.41) is 2.73. The van der Waals surface area contributed by atoms with E-state index in [-0.39, 0.29) is 6.42 Å². The lowest BCUT2D eigenvalue weighted by molar-refractivity contribution is -0.146. The van der Waals surface area contributed by atoms with Gasteiger partial charge >= 0.3 is 5.97 Å². The molecule has 0 saturated carbocycles. The van der Waals surface area contributed by atoms with E-state index in [0.717, 1.165) is 18.8 Å². The number of hydrogen-bond acceptors (Lipinski definition) is 7. The highest BCUT2D eigenvalue weighted by atomic mass is 19.1. The minimum absolute atomic E-state index is 0.127. The van der Waals surface area contributed by atoms with Crippen LogP contribution in [0.15, 0.2) is 36.4 Å². The first-order valence-corrected chi connectivity index (χ1v) is 11.0. The van der Waals surface area contributed by atoms with Gasteiger partial charge in [-0.15, -0.1) is 0 Å². The highest BCUT2D eigenvalue weighted by molar-refractivity contribution is 5.95. The van der Waals surface area contributed by atoms with Crippen LogP contribution in [0.3, 0.4) is 0 Å². The second-order valence-electron chi connectivity index (χ2n) is 7.30. The van der Waals surface area contributed by atoms with Crippen LogP contribution in [0.1, 0.15) is 19.4 Å². The molecule has 1 fully saturated rings. The van der Waals surface area contributed by atoms with Gasteiger partial charge in [-0.2, -0.15) is 0 Å². The van der Waals surface area contributed by atoms with Crippen molar-refractivity contribution in [1.29, 1.82) is 0 Å². The number of nitrogens with zero attached hydrogens (tertiary/aromatic N) is 1. The van der Waals surface area contributed by atoms with E-state index in [1.807, 2.05) is 19.9 Å². The van der Waals surface area contributed by atoms with Gasteiger partial charge in [-0.3, -0.25) is 9.59 Å². The maximum absolute atomic E-state index is 13.3. The average molecular weight is 461 g/mol. The molecular formula is C24H29FN2O6. The molecule has 0 spiro atoms. The van der Waals surface area contributed by atoms with Gasteiger partial charge in [0.05, 0.1) is 44.2 Å². The summed E-state index contributed by atoms with van der Waals surface area (Å²) in [6, 6.07) is 9.22. The Bertz CT molecular complexity index is 962. The number of esters is 1. The third-order valence-corrected chi connectivity index (χ3v) is 4.89. The van der Waals surface area contributed by atoms with E-state index < -0.39 is 24.3 Å². The number of anilines is 2. The van der Waals surface area contributed by atoms with Crippen molar-refractivity contribution in [3.63, 3.8) is 0 Å². The smallest absolute Gasteiger partial charge is 0.310 e. The molecule has 1 heterocycles. The first-order chi connectivity index (χ1) is 16.0. The molecule has 0 atom stereocenters. The van der Waals surface area contributed by atoms with E-state index in [1.54, 1.807) is 12.1 Å². The molecule has 1 saturated heterocycles. The van der Waals surface area contributed by atoms with Crippen LogP contribution in [0.25, 0.3) is 0 Å². The molecule has 1 aliphatic heterocycles. The van der Waals surface area contributed by atoms with Gasteiger partial charge in [0.15, 0.2) is 6.61 Å². The minimum atomic E-state index is -0.626. The minimum Gasteiger partial charge on any atom is -0.492 e. The maximum atomic E-state index is 13.3. The van der Waals surface area contributed by atoms with Gasteiger partial charge in [0.1, 0.15) is 17.3 Å². The molecular weight excluding hydrogens is 431 g/mol. The summed E-state index contributed by atoms with van der Waals surface area (Å²) in [6.45, 7) is 6.80. The highest BCUT2D eigenvalue weighted by Crippen LogP contribution is 2.39. The number of carbonyl (C=O) groups is 2. The Hall–Kier alpha value is -3.33. The summed E-state index contributed by atoms with van der Waals surface area (Å²) >= 11 is 0. The molecule has 2 aromatic rings. The number of benzene rings is 2. The number of halogens is 1. The fourth-order valence-electron chi connectivity index (χ4n) is 3.44. The van der Waals surface area contributed by atoms with Gasteiger partial charge in [-0.05, 0) is 31.5 Å². The van der Waals surface area contributed by atoms with Crippen molar-refractivity contribution >= 4 is 23.3 Å². The Balaban J connectivity index is 1.68. The second-order valence-corrected chi connectivity index (χ2v) is 7.30. The molecule has 8 nitrogen and oxygen atoms in total. The van der Waals surface area contributed by atoms with Crippen LogP contribution in [0.4, 0.5) is 15.8 Å². The molecule has 0 bridgehead atoms. The van der Waals surface area contributed by atoms with Crippen molar-refractivity contribution in [2.24, 2.45) is 0 Å². The molecule has 1 aliphatic rings. The fourth-order valence-corrected chi connectivity index (χ4v) is 3.44. The SMILES string of the molecule is CCOc1cc(N2CCOCC2)c(OCC)cc1NC(=O)COC(=O)Cc1cccc(F)c1. The van der Waals surface area contributed by atoms with Crippen LogP contribution in [0.2, 0.25) is 0 Å². The van der Waals surface area contributed by atoms with Gasteiger partial charge in [-0.25, -0.2) is 4.39 Å². The number of ether oxygens (including phenoxy) is 4. The van der Waals surface area contributed by atoms with Crippen LogP contribution in [-0.4, -0.2) is 58.0 Å². The van der Waals surface area contributed by atoms with Gasteiger partial charge in [0, 0.05) is 25.2 Å². The standard InChI is InChI=1S/C24H29FN2O6/c1-3-31-21-15-20(27-8-10-30-11-9-27)22(32-4-2)14-19(21)26-23(28)16-33-24(29)13-17-6-5-7-18(25)12-17/h5-7,12,14-15H,3-4,8-11,13,16H2,1-2H3,(H,26,28). The molecule has 0 aliphatic carbocycles. The molecule has 178 valence electrons. The van der Waals surface area contributed by atoms with E-state index in [1.165, 1.54) is 18.2 Å². The summed E-state index contributed by atoms with van der Waals surface area (Å²) in [6.07, 6.45) is -0.127. The molecule has 9 heteroatoms. The third kappa shape index (κ3) is 7.08. The summed E-state index contributed by atoms with van der Waals surface area (Å²) in [4.78, 5) is 26.6. The van der Waals surface area contributed by atoms with Crippen molar-refractivity contribution in [2.45, 2.75) is 20.3 Å². The average Bonchev–Trinajstić information content (AvgIpc) is 2.80. The number of rotatable bonds is 10. The topological polar surface area (TPSA) is 86.3 Å². The first kappa shape index (κ1) is 24.3. The zero-order valence-corrected chi connectivity index (χ0v) is 18.9. The van der Waals surface area contributed by atoms with Crippen LogP contribution in [0, 0.1) is 5.82 Å². The number of carbonyl (C=O) groups excluding carboxylic acids is 2. The van der Waals surface area contributed by atoms with Crippen molar-refractivity contribution < 1.29 is 32.9 Å². The zero-order valence-electron chi connectivity index (χ0n) is 18.9. The monoisotopic (exact) mass is 460 g/mol. The van der Waals surface area contributed by atoms with Crippen molar-refractivity contribution in [2.75, 3.05) is 56.3 Å². The van der Waals surface area contributed by atoms with Crippen LogP contribution in [0.5, 0.6) is 11.5 Å². The van der Waals surface area contributed by atoms with E-state index in [9.17, 15) is 14.0 Å². The molecule has 0 aromatic heterocycles. The number of amides is 1. The summed E-state index contributed by atoms with van der Waals surface area (Å²) in [5.41, 5.74) is 1.76. The Morgan fingerprint density at radius 1 is 1.06 bits per heavy atom. The predicted molar refractivity (Wildman–Crippen MR) is 122 cm³/mol. The summed E-state index contributed by atoms with van der Waals surface area (Å²) in [7, 11) is 0. The van der Waals surface area contributed by atoms with Gasteiger partial charge in [0.2, 0.25) is 0 Å². The fraction of sp³-hybridized carbons (Fsp3) is 0.417. The summed E-state index contributed by atoms with van der Waals surface area (Å²) in [5.74, 6) is -0.487. The van der Waals surface area contributed by atoms with Crippen molar-refractivity contribution in [3.05, 3.63) is 47.8 Å². The molecule has 2 aromatic carbocycles. The predicted octanol–water partition coefficient (Wildman–Crippen LogP) is 3.18. The van der Waals surface area contributed by atoms with E-state index >= 15 is 0 Å². The quantitative estimate of drug-likeness (QED) is 0.545. The molecule has 33 heavy (non-hydrogen) atoms. The molecule has 0 radical (unpaired) electrons. The Morgan fingerprint density at radius 3 is 2.48 bits per heavy atom. The first-order valence-electron chi connectivity index (χ1n) is 11.0. The largest absolute Gasteiger partial charge is 0.492 e. The zero-order chi connectivity index (χ0) is 23.6.